The average molecular weight is 182 g/mol. The number of rotatable bonds is 4. The number of ether oxygens (including phenoxy) is 1. The topological polar surface area (TPSA) is 38.3 Å². The molecule has 0 saturated carbocycles. The Bertz CT molecular complexity index is 109. The summed E-state index contributed by atoms with van der Waals surface area (Å²) in [5.41, 5.74) is 0. The van der Waals surface area contributed by atoms with Gasteiger partial charge in [-0.15, -0.1) is 12.4 Å². The van der Waals surface area contributed by atoms with Crippen molar-refractivity contribution in [2.75, 3.05) is 14.2 Å². The molecule has 0 aliphatic heterocycles. The zero-order chi connectivity index (χ0) is 7.98. The van der Waals surface area contributed by atoms with Crippen molar-refractivity contribution in [3.8, 4) is 0 Å². The van der Waals surface area contributed by atoms with Gasteiger partial charge < -0.3 is 10.1 Å². The first-order chi connectivity index (χ1) is 4.76. The van der Waals surface area contributed by atoms with Crippen molar-refractivity contribution in [3.63, 3.8) is 0 Å². The fraction of sp³-hybridized carbons (Fsp3) is 0.857. The maximum absolute atomic E-state index is 10.8. The second-order valence-electron chi connectivity index (χ2n) is 2.15. The van der Waals surface area contributed by atoms with Gasteiger partial charge in [-0.2, -0.15) is 0 Å². The Kier molecular flexibility index (Phi) is 9.47. The Balaban J connectivity index is 0. The quantitative estimate of drug-likeness (QED) is 0.657. The first-order valence-corrected chi connectivity index (χ1v) is 3.51. The van der Waals surface area contributed by atoms with Crippen LogP contribution in [0.4, 0.5) is 0 Å². The normalized spacial score (nSPS) is 11.5. The Hall–Kier alpha value is -0.280. The molecule has 1 N–H and O–H groups in total. The molecule has 0 heterocycles. The molecule has 68 valence electrons. The predicted molar refractivity (Wildman–Crippen MR) is 47.0 cm³/mol. The van der Waals surface area contributed by atoms with Gasteiger partial charge in [0.15, 0.2) is 0 Å². The molecular weight excluding hydrogens is 166 g/mol. The molecule has 0 saturated heterocycles. The summed E-state index contributed by atoms with van der Waals surface area (Å²) in [6.45, 7) is 2.04. The van der Waals surface area contributed by atoms with E-state index < -0.39 is 0 Å². The second kappa shape index (κ2) is 7.82. The van der Waals surface area contributed by atoms with E-state index in [2.05, 4.69) is 10.1 Å². The smallest absolute Gasteiger partial charge is 0.322 e. The first kappa shape index (κ1) is 13.3. The van der Waals surface area contributed by atoms with Crippen molar-refractivity contribution in [2.24, 2.45) is 0 Å². The van der Waals surface area contributed by atoms with Crippen molar-refractivity contribution in [2.45, 2.75) is 25.8 Å². The lowest BCUT2D eigenvalue weighted by Crippen LogP contribution is -2.34. The van der Waals surface area contributed by atoms with Crippen molar-refractivity contribution in [1.29, 1.82) is 0 Å². The van der Waals surface area contributed by atoms with Gasteiger partial charge in [0.05, 0.1) is 7.11 Å². The number of carbonyl (C=O) groups excluding carboxylic acids is 1. The first-order valence-electron chi connectivity index (χ1n) is 3.51. The molecule has 0 amide bonds. The highest BCUT2D eigenvalue weighted by molar-refractivity contribution is 5.85. The molecule has 4 heteroatoms. The number of halogens is 1. The molecule has 0 radical (unpaired) electrons. The standard InChI is InChI=1S/C7H15NO2.ClH/c1-4-5-6(8-2)7(9)10-3;/h6,8H,4-5H2,1-3H3;1H. The van der Waals surface area contributed by atoms with E-state index in [-0.39, 0.29) is 24.4 Å². The molecular formula is C7H16ClNO2. The Morgan fingerprint density at radius 3 is 2.45 bits per heavy atom. The molecule has 1 unspecified atom stereocenters. The third-order valence-corrected chi connectivity index (χ3v) is 1.41. The van der Waals surface area contributed by atoms with Crippen LogP contribution in [0.2, 0.25) is 0 Å². The fourth-order valence-electron chi connectivity index (χ4n) is 0.811. The summed E-state index contributed by atoms with van der Waals surface area (Å²) < 4.78 is 4.55. The summed E-state index contributed by atoms with van der Waals surface area (Å²) in [7, 11) is 3.17. The number of esters is 1. The number of hydrogen-bond donors (Lipinski definition) is 1. The highest BCUT2D eigenvalue weighted by Gasteiger charge is 2.14. The predicted octanol–water partition coefficient (Wildman–Crippen LogP) is 0.969. The number of hydrogen-bond acceptors (Lipinski definition) is 3. The van der Waals surface area contributed by atoms with Crippen LogP contribution < -0.4 is 5.32 Å². The van der Waals surface area contributed by atoms with E-state index in [9.17, 15) is 4.79 Å². The van der Waals surface area contributed by atoms with E-state index in [1.807, 2.05) is 6.92 Å². The lowest BCUT2D eigenvalue weighted by atomic mass is 10.2. The van der Waals surface area contributed by atoms with Gasteiger partial charge in [-0.3, -0.25) is 4.79 Å². The van der Waals surface area contributed by atoms with Crippen LogP contribution in [-0.2, 0) is 9.53 Å². The minimum absolute atomic E-state index is 0. The van der Waals surface area contributed by atoms with E-state index in [1.165, 1.54) is 7.11 Å². The van der Waals surface area contributed by atoms with E-state index in [4.69, 9.17) is 0 Å². The zero-order valence-electron chi connectivity index (χ0n) is 7.22. The number of nitrogens with one attached hydrogen (secondary N) is 1. The monoisotopic (exact) mass is 181 g/mol. The van der Waals surface area contributed by atoms with Crippen molar-refractivity contribution in [1.82, 2.24) is 5.32 Å². The molecule has 0 aromatic rings. The van der Waals surface area contributed by atoms with Crippen LogP contribution in [0, 0.1) is 0 Å². The van der Waals surface area contributed by atoms with Gasteiger partial charge in [0.2, 0.25) is 0 Å². The summed E-state index contributed by atoms with van der Waals surface area (Å²) >= 11 is 0. The highest BCUT2D eigenvalue weighted by Crippen LogP contribution is 1.96. The molecule has 3 nitrogen and oxygen atoms in total. The molecule has 0 aliphatic rings. The molecule has 0 spiro atoms. The van der Waals surface area contributed by atoms with Gasteiger partial charge in [-0.1, -0.05) is 13.3 Å². The van der Waals surface area contributed by atoms with Crippen molar-refractivity contribution >= 4 is 18.4 Å². The number of carbonyl (C=O) groups is 1. The largest absolute Gasteiger partial charge is 0.468 e. The Morgan fingerprint density at radius 1 is 1.64 bits per heavy atom. The lowest BCUT2D eigenvalue weighted by Gasteiger charge is -2.11. The molecule has 0 bridgehead atoms. The zero-order valence-corrected chi connectivity index (χ0v) is 8.03. The maximum Gasteiger partial charge on any atom is 0.322 e. The van der Waals surface area contributed by atoms with Crippen LogP contribution >= 0.6 is 12.4 Å². The lowest BCUT2D eigenvalue weighted by molar-refractivity contribution is -0.143. The molecule has 0 aromatic carbocycles. The third kappa shape index (κ3) is 5.04. The van der Waals surface area contributed by atoms with Gasteiger partial charge in [0.1, 0.15) is 6.04 Å². The summed E-state index contributed by atoms with van der Waals surface area (Å²) in [4.78, 5) is 10.8. The van der Waals surface area contributed by atoms with Crippen molar-refractivity contribution < 1.29 is 9.53 Å². The van der Waals surface area contributed by atoms with Crippen LogP contribution in [0.25, 0.3) is 0 Å². The number of likely N-dealkylation sites (N-methyl/N-ethyl adjacent to an activating group) is 1. The van der Waals surface area contributed by atoms with Crippen molar-refractivity contribution in [3.05, 3.63) is 0 Å². The molecule has 11 heavy (non-hydrogen) atoms. The van der Waals surface area contributed by atoms with E-state index in [1.54, 1.807) is 7.05 Å². The molecule has 0 rings (SSSR count). The van der Waals surface area contributed by atoms with Gasteiger partial charge in [-0.25, -0.2) is 0 Å². The molecule has 0 aliphatic carbocycles. The van der Waals surface area contributed by atoms with Crippen LogP contribution in [0.3, 0.4) is 0 Å². The average Bonchev–Trinajstić information content (AvgIpc) is 1.99. The Morgan fingerprint density at radius 2 is 2.18 bits per heavy atom. The summed E-state index contributed by atoms with van der Waals surface area (Å²) in [5, 5.41) is 2.88. The van der Waals surface area contributed by atoms with Crippen LogP contribution in [0.1, 0.15) is 19.8 Å². The van der Waals surface area contributed by atoms with E-state index in [0.717, 1.165) is 12.8 Å². The highest BCUT2D eigenvalue weighted by atomic mass is 35.5. The minimum atomic E-state index is -0.177. The van der Waals surface area contributed by atoms with E-state index >= 15 is 0 Å². The molecule has 1 atom stereocenters. The summed E-state index contributed by atoms with van der Waals surface area (Å²) in [6, 6.07) is -0.130. The van der Waals surface area contributed by atoms with Crippen LogP contribution in [0.15, 0.2) is 0 Å². The molecule has 0 aromatic heterocycles. The van der Waals surface area contributed by atoms with Gasteiger partial charge in [-0.05, 0) is 13.5 Å². The van der Waals surface area contributed by atoms with Crippen LogP contribution in [0.5, 0.6) is 0 Å². The number of methoxy groups -OCH3 is 1. The third-order valence-electron chi connectivity index (χ3n) is 1.41. The maximum atomic E-state index is 10.8. The fourth-order valence-corrected chi connectivity index (χ4v) is 0.811. The van der Waals surface area contributed by atoms with E-state index in [0.29, 0.717) is 0 Å². The minimum Gasteiger partial charge on any atom is -0.468 e. The van der Waals surface area contributed by atoms with Gasteiger partial charge >= 0.3 is 5.97 Å². The molecule has 0 fully saturated rings. The Labute approximate surface area is 73.9 Å². The van der Waals surface area contributed by atoms with Gasteiger partial charge in [0, 0.05) is 0 Å². The van der Waals surface area contributed by atoms with Crippen LogP contribution in [-0.4, -0.2) is 26.2 Å². The summed E-state index contributed by atoms with van der Waals surface area (Å²) in [5.74, 6) is -0.177. The SMILES string of the molecule is CCCC(NC)C(=O)OC.Cl. The second-order valence-corrected chi connectivity index (χ2v) is 2.15. The summed E-state index contributed by atoms with van der Waals surface area (Å²) in [6.07, 6.45) is 1.82. The van der Waals surface area contributed by atoms with Gasteiger partial charge in [0.25, 0.3) is 0 Å².